The normalized spacial score (nSPS) is 13.6. The van der Waals surface area contributed by atoms with E-state index >= 15 is 0 Å². The first-order valence-electron chi connectivity index (χ1n) is 15.9. The van der Waals surface area contributed by atoms with E-state index in [0.717, 1.165) is 52.0 Å². The Morgan fingerprint density at radius 1 is 0.667 bits per heavy atom. The highest BCUT2D eigenvalue weighted by Crippen LogP contribution is 2.54. The Balaban J connectivity index is 3.93. The quantitative estimate of drug-likeness (QED) is 0.0430. The molecular weight excluding hydrogens is 641 g/mol. The molecule has 2 amide bonds. The molecule has 1 unspecified atom stereocenters. The molecule has 0 saturated heterocycles. The first kappa shape index (κ1) is 43.5. The summed E-state index contributed by atoms with van der Waals surface area (Å²) >= 11 is 4.15. The number of carbonyl (C=O) groups excluding carboxylic acids is 2. The molecule has 0 fully saturated rings. The van der Waals surface area contributed by atoms with Gasteiger partial charge in [0, 0.05) is 50.8 Å². The lowest BCUT2D eigenvalue weighted by atomic mass is 9.97. The van der Waals surface area contributed by atoms with Crippen LogP contribution in [-0.2, 0) is 9.59 Å². The molecule has 0 spiro atoms. The molecule has 0 aromatic carbocycles. The molecule has 0 aliphatic heterocycles. The second kappa shape index (κ2) is 23.0. The van der Waals surface area contributed by atoms with Gasteiger partial charge < -0.3 is 27.0 Å². The van der Waals surface area contributed by atoms with Crippen molar-refractivity contribution in [1.82, 2.24) is 10.6 Å². The van der Waals surface area contributed by atoms with Crippen LogP contribution in [0, 0.1) is 0 Å². The van der Waals surface area contributed by atoms with E-state index in [9.17, 15) is 49.1 Å². The van der Waals surface area contributed by atoms with E-state index in [2.05, 4.69) is 39.6 Å². The summed E-state index contributed by atoms with van der Waals surface area (Å²) in [5.74, 6) is -19.4. The Kier molecular flexibility index (Phi) is 22.2. The molecule has 9 N–H and O–H groups in total. The van der Waals surface area contributed by atoms with Gasteiger partial charge in [-0.2, -0.15) is 52.1 Å². The minimum absolute atomic E-state index is 0.0339. The van der Waals surface area contributed by atoms with Crippen LogP contribution in [0.2, 0.25) is 0 Å². The molecule has 0 aliphatic rings. The summed E-state index contributed by atoms with van der Waals surface area (Å²) in [7, 11) is 0. The van der Waals surface area contributed by atoms with Crippen LogP contribution in [0.4, 0.5) is 39.5 Å². The number of hydrogen-bond acceptors (Lipinski definition) is 3. The third-order valence-corrected chi connectivity index (χ3v) is 7.66. The fraction of sp³-hybridized carbons (Fsp3) is 0.929. The van der Waals surface area contributed by atoms with Crippen molar-refractivity contribution in [3.63, 3.8) is 0 Å². The lowest BCUT2D eigenvalue weighted by molar-refractivity contribution is -0.665. The molecule has 268 valence electrons. The molecule has 0 aromatic heterocycles. The number of nitrogens with two attached hydrogens (primary N) is 2. The molecule has 0 heterocycles. The standard InChI is InChI=1S/C28H50F9N5O2S/c29-25(30,26(31,32)27(33,34)28(35,36)37)14-8-6-4-2-1-3-5-7-13-23(43)42-22(21-45)24(44)41-20-12-19-40-17-10-9-16-39-18-11-15-38/h22,39-40,45H,1-21,38H2,(H,41,44)(H,42,43)/p+3. The Morgan fingerprint density at radius 3 is 1.67 bits per heavy atom. The number of nitrogens with one attached hydrogen (secondary N) is 2. The van der Waals surface area contributed by atoms with Crippen molar-refractivity contribution in [3.05, 3.63) is 0 Å². The lowest BCUT2D eigenvalue weighted by Gasteiger charge is -2.33. The first-order chi connectivity index (χ1) is 21.0. The summed E-state index contributed by atoms with van der Waals surface area (Å²) in [5, 5.41) is 10.0. The molecule has 45 heavy (non-hydrogen) atoms. The average Bonchev–Trinajstić information content (AvgIpc) is 2.96. The van der Waals surface area contributed by atoms with E-state index in [4.69, 9.17) is 0 Å². The van der Waals surface area contributed by atoms with Crippen molar-refractivity contribution < 1.29 is 65.5 Å². The summed E-state index contributed by atoms with van der Waals surface area (Å²) in [4.78, 5) is 24.6. The molecule has 1 atom stereocenters. The van der Waals surface area contributed by atoms with Gasteiger partial charge in [0.25, 0.3) is 0 Å². The van der Waals surface area contributed by atoms with Gasteiger partial charge in [0.2, 0.25) is 11.8 Å². The predicted molar refractivity (Wildman–Crippen MR) is 155 cm³/mol. The van der Waals surface area contributed by atoms with Crippen molar-refractivity contribution >= 4 is 24.4 Å². The second-order valence-electron chi connectivity index (χ2n) is 11.3. The fourth-order valence-corrected chi connectivity index (χ4v) is 4.71. The number of unbranched alkanes of at least 4 members (excludes halogenated alkanes) is 8. The maximum Gasteiger partial charge on any atom is 0.460 e. The van der Waals surface area contributed by atoms with Gasteiger partial charge in [0.05, 0.1) is 32.7 Å². The number of amides is 2. The summed E-state index contributed by atoms with van der Waals surface area (Å²) in [5.41, 5.74) is 3.82. The average molecular weight is 695 g/mol. The van der Waals surface area contributed by atoms with Gasteiger partial charge in [-0.15, -0.1) is 0 Å². The fourth-order valence-electron chi connectivity index (χ4n) is 4.45. The largest absolute Gasteiger partial charge is 0.460 e. The van der Waals surface area contributed by atoms with Crippen LogP contribution in [0.25, 0.3) is 0 Å². The van der Waals surface area contributed by atoms with Crippen LogP contribution in [0.3, 0.4) is 0 Å². The third-order valence-electron chi connectivity index (χ3n) is 7.30. The molecule has 0 radical (unpaired) electrons. The first-order valence-corrected chi connectivity index (χ1v) is 16.5. The van der Waals surface area contributed by atoms with E-state index in [-0.39, 0.29) is 30.4 Å². The maximum atomic E-state index is 13.5. The van der Waals surface area contributed by atoms with Gasteiger partial charge in [-0.25, -0.2) is 0 Å². The molecule has 7 nitrogen and oxygen atoms in total. The third kappa shape index (κ3) is 17.3. The SMILES string of the molecule is [NH3+]CCC[NH2+]CCCC[NH2+]CCCNC(=O)C(CS)NC(=O)CCCCCCCCCCC(F)(F)C(F)(F)C(F)(F)C(F)(F)F. The van der Waals surface area contributed by atoms with E-state index < -0.39 is 42.8 Å². The molecule has 0 bridgehead atoms. The Labute approximate surface area is 265 Å². The highest BCUT2D eigenvalue weighted by molar-refractivity contribution is 7.80. The maximum absolute atomic E-state index is 13.5. The van der Waals surface area contributed by atoms with Gasteiger partial charge >= 0.3 is 23.9 Å². The van der Waals surface area contributed by atoms with Crippen LogP contribution >= 0.6 is 12.6 Å². The highest BCUT2D eigenvalue weighted by Gasteiger charge is 2.81. The van der Waals surface area contributed by atoms with Crippen molar-refractivity contribution in [2.24, 2.45) is 0 Å². The van der Waals surface area contributed by atoms with Crippen LogP contribution in [0.5, 0.6) is 0 Å². The van der Waals surface area contributed by atoms with Crippen molar-refractivity contribution in [2.75, 3.05) is 45.0 Å². The number of halogens is 9. The number of thiol groups is 1. The van der Waals surface area contributed by atoms with Crippen LogP contribution in [0.15, 0.2) is 0 Å². The van der Waals surface area contributed by atoms with Crippen molar-refractivity contribution in [1.29, 1.82) is 0 Å². The highest BCUT2D eigenvalue weighted by atomic mass is 32.1. The smallest absolute Gasteiger partial charge is 0.357 e. The van der Waals surface area contributed by atoms with E-state index in [0.29, 0.717) is 45.1 Å². The van der Waals surface area contributed by atoms with Gasteiger partial charge in [0.15, 0.2) is 0 Å². The van der Waals surface area contributed by atoms with Gasteiger partial charge in [-0.1, -0.05) is 38.5 Å². The number of carbonyl (C=O) groups is 2. The zero-order valence-electron chi connectivity index (χ0n) is 26.0. The summed E-state index contributed by atoms with van der Waals surface area (Å²) < 4.78 is 116. The van der Waals surface area contributed by atoms with Gasteiger partial charge in [-0.05, 0) is 12.8 Å². The molecule has 0 aromatic rings. The number of quaternary nitrogens is 3. The molecule has 0 saturated carbocycles. The Bertz CT molecular complexity index is 809. The van der Waals surface area contributed by atoms with Gasteiger partial charge in [-0.3, -0.25) is 9.59 Å². The molecule has 0 aliphatic carbocycles. The summed E-state index contributed by atoms with van der Waals surface area (Å²) in [6, 6.07) is -0.753. The number of rotatable bonds is 28. The molecular formula is C28H53F9N5O2S+3. The molecule has 0 rings (SSSR count). The van der Waals surface area contributed by atoms with Crippen LogP contribution < -0.4 is 27.0 Å². The van der Waals surface area contributed by atoms with Gasteiger partial charge in [0.1, 0.15) is 6.04 Å². The number of alkyl halides is 9. The van der Waals surface area contributed by atoms with Crippen LogP contribution in [-0.4, -0.2) is 86.8 Å². The Morgan fingerprint density at radius 2 is 1.16 bits per heavy atom. The summed E-state index contributed by atoms with van der Waals surface area (Å²) in [6.07, 6.45) is -1.48. The Hall–Kier alpha value is -1.46. The minimum atomic E-state index is -6.84. The number of hydrogen-bond donors (Lipinski definition) is 6. The topological polar surface area (TPSA) is 119 Å². The second-order valence-corrected chi connectivity index (χ2v) is 11.6. The van der Waals surface area contributed by atoms with Crippen molar-refractivity contribution in [2.45, 2.75) is 120 Å². The van der Waals surface area contributed by atoms with E-state index in [1.165, 1.54) is 6.42 Å². The minimum Gasteiger partial charge on any atom is -0.357 e. The van der Waals surface area contributed by atoms with Crippen molar-refractivity contribution in [3.8, 4) is 0 Å². The van der Waals surface area contributed by atoms with E-state index in [1.54, 1.807) is 0 Å². The lowest BCUT2D eigenvalue weighted by Crippen LogP contribution is -2.86. The van der Waals surface area contributed by atoms with E-state index in [1.807, 2.05) is 0 Å². The zero-order chi connectivity index (χ0) is 34.4. The zero-order valence-corrected chi connectivity index (χ0v) is 26.8. The predicted octanol–water partition coefficient (Wildman–Crippen LogP) is 2.82. The van der Waals surface area contributed by atoms with Crippen LogP contribution in [0.1, 0.15) is 89.9 Å². The molecule has 17 heteroatoms. The summed E-state index contributed by atoms with van der Waals surface area (Å²) in [6.45, 7) is 5.65. The monoisotopic (exact) mass is 694 g/mol.